The van der Waals surface area contributed by atoms with E-state index in [9.17, 15) is 28.8 Å². The maximum atomic E-state index is 13.9. The zero-order chi connectivity index (χ0) is 36.1. The maximum absolute atomic E-state index is 13.9. The maximum Gasteiger partial charge on any atom is 0.252 e. The third kappa shape index (κ3) is 8.09. The van der Waals surface area contributed by atoms with Crippen molar-refractivity contribution in [2.45, 2.75) is 56.3 Å². The lowest BCUT2D eigenvalue weighted by molar-refractivity contribution is -0.134. The number of hydrogen-bond donors (Lipinski definition) is 5. The predicted octanol–water partition coefficient (Wildman–Crippen LogP) is 1.27. The van der Waals surface area contributed by atoms with Gasteiger partial charge in [0.1, 0.15) is 36.0 Å². The van der Waals surface area contributed by atoms with Gasteiger partial charge in [-0.15, -0.1) is 0 Å². The molecule has 1 fully saturated rings. The molecular weight excluding hydrogens is 652 g/mol. The van der Waals surface area contributed by atoms with Crippen LogP contribution < -0.4 is 36.9 Å². The first kappa shape index (κ1) is 34.9. The molecule has 2 aliphatic heterocycles. The number of benzene rings is 3. The highest BCUT2D eigenvalue weighted by molar-refractivity contribution is 6.07. The first-order valence-corrected chi connectivity index (χ1v) is 16.9. The van der Waals surface area contributed by atoms with Gasteiger partial charge < -0.3 is 35.9 Å². The number of hydrogen-bond acceptors (Lipinski definition) is 7. The number of ether oxygens (including phenoxy) is 1. The van der Waals surface area contributed by atoms with Crippen molar-refractivity contribution in [1.29, 1.82) is 0 Å². The van der Waals surface area contributed by atoms with Gasteiger partial charge in [-0.25, -0.2) is 0 Å². The van der Waals surface area contributed by atoms with Crippen molar-refractivity contribution in [1.82, 2.24) is 31.2 Å². The number of aryl methyl sites for hydroxylation is 1. The summed E-state index contributed by atoms with van der Waals surface area (Å²) in [4.78, 5) is 80.6. The molecule has 13 heteroatoms. The summed E-state index contributed by atoms with van der Waals surface area (Å²) in [5.41, 5.74) is 0.662. The molecule has 2 bridgehead atoms. The number of fused-ring (bicyclic) bond motifs is 16. The largest absolute Gasteiger partial charge is 0.492 e. The van der Waals surface area contributed by atoms with Gasteiger partial charge in [0.25, 0.3) is 11.5 Å². The summed E-state index contributed by atoms with van der Waals surface area (Å²) in [6.07, 6.45) is 1.09. The van der Waals surface area contributed by atoms with E-state index in [0.717, 1.165) is 5.56 Å². The Kier molecular flexibility index (Phi) is 10.2. The summed E-state index contributed by atoms with van der Waals surface area (Å²) in [5, 5.41) is 14.4. The van der Waals surface area contributed by atoms with Gasteiger partial charge in [-0.3, -0.25) is 28.8 Å². The van der Waals surface area contributed by atoms with Gasteiger partial charge >= 0.3 is 0 Å². The molecule has 3 atom stereocenters. The second kappa shape index (κ2) is 14.9. The monoisotopic (exact) mass is 692 g/mol. The van der Waals surface area contributed by atoms with Crippen LogP contribution in [0.1, 0.15) is 41.3 Å². The lowest BCUT2D eigenvalue weighted by atomic mass is 10.0. The molecule has 3 heterocycles. The van der Waals surface area contributed by atoms with E-state index < -0.39 is 47.3 Å². The lowest BCUT2D eigenvalue weighted by Crippen LogP contribution is -2.59. The third-order valence-electron chi connectivity index (χ3n) is 9.25. The summed E-state index contributed by atoms with van der Waals surface area (Å²) >= 11 is 0. The van der Waals surface area contributed by atoms with E-state index in [1.54, 1.807) is 55.6 Å². The molecule has 3 aliphatic rings. The number of para-hydroxylation sites is 1. The van der Waals surface area contributed by atoms with Crippen LogP contribution in [0.5, 0.6) is 5.75 Å². The molecule has 1 aromatic heterocycles. The number of nitrogens with zero attached hydrogens (tertiary/aromatic N) is 1. The lowest BCUT2D eigenvalue weighted by Gasteiger charge is -2.26. The number of pyridine rings is 1. The normalized spacial score (nSPS) is 21.1. The second-order valence-corrected chi connectivity index (χ2v) is 13.0. The minimum atomic E-state index is -1.15. The van der Waals surface area contributed by atoms with Crippen molar-refractivity contribution >= 4 is 40.4 Å². The molecule has 5 N–H and O–H groups in total. The smallest absolute Gasteiger partial charge is 0.252 e. The number of carbonyl (C=O) groups is 5. The topological polar surface area (TPSA) is 177 Å². The van der Waals surface area contributed by atoms with Crippen molar-refractivity contribution in [3.05, 3.63) is 112 Å². The van der Waals surface area contributed by atoms with Crippen molar-refractivity contribution in [2.75, 3.05) is 13.2 Å². The molecule has 4 aromatic rings. The van der Waals surface area contributed by atoms with E-state index >= 15 is 0 Å². The van der Waals surface area contributed by atoms with Crippen LogP contribution in [-0.4, -0.2) is 70.9 Å². The molecule has 1 saturated carbocycles. The molecule has 3 aromatic carbocycles. The van der Waals surface area contributed by atoms with E-state index in [-0.39, 0.29) is 43.0 Å². The van der Waals surface area contributed by atoms with Gasteiger partial charge in [-0.1, -0.05) is 60.7 Å². The molecule has 51 heavy (non-hydrogen) atoms. The van der Waals surface area contributed by atoms with Crippen LogP contribution in [0.2, 0.25) is 0 Å². The third-order valence-corrected chi connectivity index (χ3v) is 9.25. The molecule has 1 spiro atoms. The van der Waals surface area contributed by atoms with E-state index in [2.05, 4.69) is 26.6 Å². The number of aromatic nitrogens is 1. The number of carbonyl (C=O) groups excluding carboxylic acids is 5. The molecule has 0 radical (unpaired) electrons. The molecule has 7 rings (SSSR count). The van der Waals surface area contributed by atoms with E-state index in [1.165, 1.54) is 17.6 Å². The molecule has 264 valence electrons. The Morgan fingerprint density at radius 2 is 1.59 bits per heavy atom. The van der Waals surface area contributed by atoms with Crippen molar-refractivity contribution in [2.24, 2.45) is 7.05 Å². The summed E-state index contributed by atoms with van der Waals surface area (Å²) in [5.74, 6) is -2.24. The highest BCUT2D eigenvalue weighted by atomic mass is 16.5. The standard InChI is InChI=1S/C38H40N6O7/c1-23-33(46)41-30(20-24-8-4-3-5-9-24)36(49)43-38(16-17-38)37(50)39-18-19-51-26-14-12-25(13-15-26)21-29(35(48)40-23)42-34(47)28-22-32(45)44(2)31-11-7-6-10-27(28)31/h3-15,22-23,29-30H,16-21H2,1-2H3,(H,39,50)(H,40,48)(H,41,46)(H,42,47)(H,43,49)/t23-,29-,30+/m0/s1. The van der Waals surface area contributed by atoms with E-state index in [0.29, 0.717) is 35.1 Å². The Bertz CT molecular complexity index is 2020. The Hall–Kier alpha value is -5.98. The molecular formula is C38H40N6O7. The highest BCUT2D eigenvalue weighted by Crippen LogP contribution is 2.35. The Balaban J connectivity index is 1.28. The van der Waals surface area contributed by atoms with E-state index in [4.69, 9.17) is 4.74 Å². The highest BCUT2D eigenvalue weighted by Gasteiger charge is 2.51. The molecule has 0 unspecified atom stereocenters. The first-order valence-electron chi connectivity index (χ1n) is 16.9. The van der Waals surface area contributed by atoms with Gasteiger partial charge in [0.15, 0.2) is 0 Å². The van der Waals surface area contributed by atoms with Gasteiger partial charge in [-0.2, -0.15) is 0 Å². The van der Waals surface area contributed by atoms with Crippen molar-refractivity contribution < 1.29 is 28.7 Å². The first-order chi connectivity index (χ1) is 24.5. The van der Waals surface area contributed by atoms with Gasteiger partial charge in [0.2, 0.25) is 23.6 Å². The summed E-state index contributed by atoms with van der Waals surface area (Å²) < 4.78 is 7.25. The predicted molar refractivity (Wildman–Crippen MR) is 189 cm³/mol. The molecule has 13 nitrogen and oxygen atoms in total. The van der Waals surface area contributed by atoms with Gasteiger partial charge in [0, 0.05) is 31.3 Å². The summed E-state index contributed by atoms with van der Waals surface area (Å²) in [6.45, 7) is 1.85. The average Bonchev–Trinajstić information content (AvgIpc) is 3.92. The molecule has 0 saturated heterocycles. The van der Waals surface area contributed by atoms with Crippen LogP contribution in [0.3, 0.4) is 0 Å². The summed E-state index contributed by atoms with van der Waals surface area (Å²) in [7, 11) is 1.61. The van der Waals surface area contributed by atoms with Gasteiger partial charge in [-0.05, 0) is 49.1 Å². The van der Waals surface area contributed by atoms with Crippen LogP contribution >= 0.6 is 0 Å². The minimum absolute atomic E-state index is 0.0478. The average molecular weight is 693 g/mol. The Morgan fingerprint density at radius 1 is 0.882 bits per heavy atom. The van der Waals surface area contributed by atoms with Crippen molar-refractivity contribution in [3.63, 3.8) is 0 Å². The fourth-order valence-electron chi connectivity index (χ4n) is 6.10. The second-order valence-electron chi connectivity index (χ2n) is 13.0. The van der Waals surface area contributed by atoms with Gasteiger partial charge in [0.05, 0.1) is 17.6 Å². The SMILES string of the molecule is C[C@@H]1NC(=O)[C@@H](NC(=O)c2cc(=O)n(C)c3ccccc23)Cc2ccc(cc2)OCCNC(=O)C2(CC2)NC(=O)[C@@H](Cc2ccccc2)NC1=O. The fraction of sp³-hybridized carbons (Fsp3) is 0.316. The van der Waals surface area contributed by atoms with Crippen LogP contribution in [0.4, 0.5) is 0 Å². The molecule has 5 amide bonds. The summed E-state index contributed by atoms with van der Waals surface area (Å²) in [6, 6.07) is 20.9. The fourth-order valence-corrected chi connectivity index (χ4v) is 6.10. The Labute approximate surface area is 294 Å². The number of rotatable bonds is 4. The quantitative estimate of drug-likeness (QED) is 0.200. The zero-order valence-electron chi connectivity index (χ0n) is 28.4. The van der Waals surface area contributed by atoms with Crippen LogP contribution in [0.25, 0.3) is 10.9 Å². The number of nitrogens with one attached hydrogen (secondary N) is 5. The zero-order valence-corrected chi connectivity index (χ0v) is 28.4. The Morgan fingerprint density at radius 3 is 2.31 bits per heavy atom. The molecule has 1 aliphatic carbocycles. The van der Waals surface area contributed by atoms with Crippen molar-refractivity contribution in [3.8, 4) is 5.75 Å². The number of amides is 5. The van der Waals surface area contributed by atoms with Crippen LogP contribution in [0, 0.1) is 0 Å². The van der Waals surface area contributed by atoms with E-state index in [1.807, 2.05) is 30.3 Å². The van der Waals surface area contributed by atoms with Crippen LogP contribution in [-0.2, 0) is 39.1 Å². The minimum Gasteiger partial charge on any atom is -0.492 e. The van der Waals surface area contributed by atoms with Crippen LogP contribution in [0.15, 0.2) is 89.7 Å².